The normalized spacial score (nSPS) is 14.6. The monoisotopic (exact) mass is 246 g/mol. The summed E-state index contributed by atoms with van der Waals surface area (Å²) in [5.74, 6) is 0. The molecule has 1 unspecified atom stereocenters. The number of aryl methyl sites for hydroxylation is 3. The van der Waals surface area contributed by atoms with Crippen molar-refractivity contribution in [2.75, 3.05) is 0 Å². The number of hydrogen-bond acceptors (Lipinski definition) is 2. The fraction of sp³-hybridized carbons (Fsp3) is 0.333. The number of benzene rings is 1. The number of hydrogen-bond donors (Lipinski definition) is 1. The first-order chi connectivity index (χ1) is 7.91. The Hall–Kier alpha value is -1.12. The summed E-state index contributed by atoms with van der Waals surface area (Å²) in [7, 11) is 0. The van der Waals surface area contributed by atoms with Crippen molar-refractivity contribution in [3.8, 4) is 0 Å². The van der Waals surface area contributed by atoms with Gasteiger partial charge in [-0.25, -0.2) is 0 Å². The van der Waals surface area contributed by atoms with Gasteiger partial charge in [-0.2, -0.15) is 0 Å². The summed E-state index contributed by atoms with van der Waals surface area (Å²) in [5, 5.41) is 10.7. The molecule has 1 aromatic carbocycles. The topological polar surface area (TPSA) is 20.2 Å². The third-order valence-electron chi connectivity index (χ3n) is 3.29. The molecule has 1 atom stereocenters. The molecule has 2 rings (SSSR count). The first-order valence-corrected chi connectivity index (χ1v) is 6.60. The molecule has 0 amide bonds. The lowest BCUT2D eigenvalue weighted by Gasteiger charge is -2.23. The van der Waals surface area contributed by atoms with Crippen molar-refractivity contribution in [3.05, 3.63) is 56.8 Å². The summed E-state index contributed by atoms with van der Waals surface area (Å²) < 4.78 is 0. The summed E-state index contributed by atoms with van der Waals surface area (Å²) in [5.41, 5.74) is 2.54. The number of aliphatic hydroxyl groups is 1. The average molecular weight is 246 g/mol. The molecular weight excluding hydrogens is 228 g/mol. The third-order valence-corrected chi connectivity index (χ3v) is 4.50. The van der Waals surface area contributed by atoms with E-state index in [1.807, 2.05) is 19.1 Å². The van der Waals surface area contributed by atoms with Crippen molar-refractivity contribution in [1.82, 2.24) is 0 Å². The Morgan fingerprint density at radius 2 is 1.71 bits per heavy atom. The molecule has 0 aliphatic carbocycles. The lowest BCUT2D eigenvalue weighted by Crippen LogP contribution is -2.21. The van der Waals surface area contributed by atoms with Crippen LogP contribution in [0.2, 0.25) is 0 Å². The minimum Gasteiger partial charge on any atom is -0.380 e. The molecule has 17 heavy (non-hydrogen) atoms. The smallest absolute Gasteiger partial charge is 0.121 e. The van der Waals surface area contributed by atoms with Crippen LogP contribution in [0.3, 0.4) is 0 Å². The molecule has 1 aromatic heterocycles. The summed E-state index contributed by atoms with van der Waals surface area (Å²) in [4.78, 5) is 2.22. The quantitative estimate of drug-likeness (QED) is 0.851. The van der Waals surface area contributed by atoms with E-state index in [0.717, 1.165) is 10.4 Å². The second kappa shape index (κ2) is 4.28. The zero-order chi connectivity index (χ0) is 12.6. The maximum absolute atomic E-state index is 10.7. The Morgan fingerprint density at radius 3 is 2.24 bits per heavy atom. The molecule has 0 saturated heterocycles. The van der Waals surface area contributed by atoms with Crippen LogP contribution in [0.1, 0.15) is 33.4 Å². The molecule has 1 nitrogen and oxygen atoms in total. The molecule has 1 N–H and O–H groups in total. The highest BCUT2D eigenvalue weighted by Crippen LogP contribution is 2.34. The van der Waals surface area contributed by atoms with Crippen LogP contribution in [-0.2, 0) is 5.60 Å². The van der Waals surface area contributed by atoms with E-state index in [4.69, 9.17) is 0 Å². The highest BCUT2D eigenvalue weighted by Gasteiger charge is 2.27. The Morgan fingerprint density at radius 1 is 1.00 bits per heavy atom. The fourth-order valence-corrected chi connectivity index (χ4v) is 2.82. The van der Waals surface area contributed by atoms with E-state index >= 15 is 0 Å². The van der Waals surface area contributed by atoms with Crippen LogP contribution in [0.25, 0.3) is 0 Å². The number of rotatable bonds is 2. The van der Waals surface area contributed by atoms with Crippen LogP contribution in [0, 0.1) is 20.8 Å². The van der Waals surface area contributed by atoms with E-state index < -0.39 is 5.60 Å². The number of thiophene rings is 1. The van der Waals surface area contributed by atoms with Crippen LogP contribution in [0.5, 0.6) is 0 Å². The Bertz CT molecular complexity index is 538. The molecule has 0 fully saturated rings. The van der Waals surface area contributed by atoms with E-state index in [1.54, 1.807) is 11.3 Å². The second-order valence-electron chi connectivity index (χ2n) is 4.78. The first kappa shape index (κ1) is 12.3. The molecule has 0 aliphatic heterocycles. The highest BCUT2D eigenvalue weighted by molar-refractivity contribution is 7.12. The van der Waals surface area contributed by atoms with Crippen molar-refractivity contribution in [2.45, 2.75) is 33.3 Å². The largest absolute Gasteiger partial charge is 0.380 e. The fourth-order valence-electron chi connectivity index (χ4n) is 1.88. The molecular formula is C15H18OS. The Kier molecular flexibility index (Phi) is 3.11. The van der Waals surface area contributed by atoms with Gasteiger partial charge < -0.3 is 5.11 Å². The zero-order valence-electron chi connectivity index (χ0n) is 10.7. The lowest BCUT2D eigenvalue weighted by atomic mass is 9.92. The van der Waals surface area contributed by atoms with Gasteiger partial charge in [-0.1, -0.05) is 18.2 Å². The van der Waals surface area contributed by atoms with E-state index in [0.29, 0.717) is 0 Å². The van der Waals surface area contributed by atoms with Gasteiger partial charge in [0, 0.05) is 9.75 Å². The molecule has 90 valence electrons. The van der Waals surface area contributed by atoms with Crippen molar-refractivity contribution >= 4 is 11.3 Å². The van der Waals surface area contributed by atoms with Crippen molar-refractivity contribution < 1.29 is 5.11 Å². The molecule has 1 heterocycles. The van der Waals surface area contributed by atoms with Gasteiger partial charge in [0.25, 0.3) is 0 Å². The van der Waals surface area contributed by atoms with E-state index in [2.05, 4.69) is 39.0 Å². The van der Waals surface area contributed by atoms with Crippen LogP contribution in [0.4, 0.5) is 0 Å². The SMILES string of the molecule is Cc1ccc(C(C)(O)c2ccc(C)c(C)c2)s1. The van der Waals surface area contributed by atoms with Crippen LogP contribution >= 0.6 is 11.3 Å². The minimum absolute atomic E-state index is 0.891. The summed E-state index contributed by atoms with van der Waals surface area (Å²) in [6.07, 6.45) is 0. The molecule has 0 bridgehead atoms. The van der Waals surface area contributed by atoms with Gasteiger partial charge in [0.1, 0.15) is 5.60 Å². The van der Waals surface area contributed by atoms with Gasteiger partial charge in [0.15, 0.2) is 0 Å². The minimum atomic E-state index is -0.891. The maximum atomic E-state index is 10.7. The zero-order valence-corrected chi connectivity index (χ0v) is 11.6. The van der Waals surface area contributed by atoms with Crippen molar-refractivity contribution in [2.24, 2.45) is 0 Å². The molecule has 2 heteroatoms. The second-order valence-corrected chi connectivity index (χ2v) is 6.07. The van der Waals surface area contributed by atoms with Gasteiger partial charge in [0.05, 0.1) is 0 Å². The van der Waals surface area contributed by atoms with E-state index in [1.165, 1.54) is 16.0 Å². The predicted molar refractivity (Wildman–Crippen MR) is 73.6 cm³/mol. The van der Waals surface area contributed by atoms with E-state index in [9.17, 15) is 5.11 Å². The van der Waals surface area contributed by atoms with Gasteiger partial charge in [-0.3, -0.25) is 0 Å². The van der Waals surface area contributed by atoms with Crippen LogP contribution in [0.15, 0.2) is 30.3 Å². The molecule has 0 aliphatic rings. The summed E-state index contributed by atoms with van der Waals surface area (Å²) in [6, 6.07) is 10.2. The van der Waals surface area contributed by atoms with Crippen LogP contribution < -0.4 is 0 Å². The molecule has 0 saturated carbocycles. The molecule has 2 aromatic rings. The highest BCUT2D eigenvalue weighted by atomic mass is 32.1. The predicted octanol–water partition coefficient (Wildman–Crippen LogP) is 3.93. The standard InChI is InChI=1S/C15H18OS/c1-10-5-7-13(9-11(10)2)15(4,16)14-8-6-12(3)17-14/h5-9,16H,1-4H3. The van der Waals surface area contributed by atoms with Crippen molar-refractivity contribution in [3.63, 3.8) is 0 Å². The Balaban J connectivity index is 2.47. The third kappa shape index (κ3) is 2.28. The molecule has 0 radical (unpaired) electrons. The van der Waals surface area contributed by atoms with Gasteiger partial charge in [-0.15, -0.1) is 11.3 Å². The van der Waals surface area contributed by atoms with Gasteiger partial charge in [0.2, 0.25) is 0 Å². The average Bonchev–Trinajstić information content (AvgIpc) is 2.69. The summed E-state index contributed by atoms with van der Waals surface area (Å²) in [6.45, 7) is 8.09. The molecule has 0 spiro atoms. The van der Waals surface area contributed by atoms with Crippen LogP contribution in [-0.4, -0.2) is 5.11 Å². The van der Waals surface area contributed by atoms with E-state index in [-0.39, 0.29) is 0 Å². The van der Waals surface area contributed by atoms with Gasteiger partial charge >= 0.3 is 0 Å². The summed E-state index contributed by atoms with van der Waals surface area (Å²) >= 11 is 1.65. The first-order valence-electron chi connectivity index (χ1n) is 5.78. The Labute approximate surface area is 107 Å². The van der Waals surface area contributed by atoms with Crippen molar-refractivity contribution in [1.29, 1.82) is 0 Å². The lowest BCUT2D eigenvalue weighted by molar-refractivity contribution is 0.106. The maximum Gasteiger partial charge on any atom is 0.121 e. The van der Waals surface area contributed by atoms with Gasteiger partial charge in [-0.05, 0) is 56.5 Å².